The van der Waals surface area contributed by atoms with Crippen LogP contribution in [0.25, 0.3) is 0 Å². The van der Waals surface area contributed by atoms with Crippen molar-refractivity contribution < 1.29 is 0 Å². The van der Waals surface area contributed by atoms with Crippen molar-refractivity contribution in [3.05, 3.63) is 34.6 Å². The van der Waals surface area contributed by atoms with Crippen molar-refractivity contribution in [3.63, 3.8) is 0 Å². The maximum atomic E-state index is 6.23. The molecule has 98 valence electrons. The fourth-order valence-corrected chi connectivity index (χ4v) is 2.22. The highest BCUT2D eigenvalue weighted by Gasteiger charge is 2.13. The van der Waals surface area contributed by atoms with Crippen LogP contribution in [0.2, 0.25) is 5.15 Å². The van der Waals surface area contributed by atoms with Gasteiger partial charge in [-0.05, 0) is 13.8 Å². The molecule has 0 saturated heterocycles. The zero-order chi connectivity index (χ0) is 13.3. The van der Waals surface area contributed by atoms with Gasteiger partial charge in [-0.3, -0.25) is 4.68 Å². The van der Waals surface area contributed by atoms with Gasteiger partial charge in [0.15, 0.2) is 0 Å². The number of aryl methyl sites for hydroxylation is 2. The summed E-state index contributed by atoms with van der Waals surface area (Å²) in [5.74, 6) is 0.976. The molecule has 0 fully saturated rings. The number of rotatable bonds is 4. The summed E-state index contributed by atoms with van der Waals surface area (Å²) in [7, 11) is 1.84. The van der Waals surface area contributed by atoms with Crippen LogP contribution >= 0.6 is 11.6 Å². The fourth-order valence-electron chi connectivity index (χ4n) is 1.99. The highest BCUT2D eigenvalue weighted by molar-refractivity contribution is 6.30. The number of hydrogen-bond acceptors (Lipinski definition) is 3. The standard InChI is InChI=1S/C12H18ClN5/c1-8(14)6-11-15-4-5-18(11)7-10-9(2)16-17(3)12(10)13/h4-5,8H,6-7,14H2,1-3H3. The van der Waals surface area contributed by atoms with Crippen LogP contribution in [0, 0.1) is 6.92 Å². The molecule has 18 heavy (non-hydrogen) atoms. The molecule has 0 bridgehead atoms. The Kier molecular flexibility index (Phi) is 3.73. The summed E-state index contributed by atoms with van der Waals surface area (Å²) >= 11 is 6.23. The molecule has 2 heterocycles. The molecular weight excluding hydrogens is 250 g/mol. The molecule has 2 aromatic rings. The van der Waals surface area contributed by atoms with Gasteiger partial charge in [0.05, 0.1) is 12.2 Å². The third-order valence-electron chi connectivity index (χ3n) is 2.90. The monoisotopic (exact) mass is 267 g/mol. The van der Waals surface area contributed by atoms with E-state index in [1.807, 2.05) is 27.1 Å². The van der Waals surface area contributed by atoms with Crippen molar-refractivity contribution in [2.75, 3.05) is 0 Å². The average molecular weight is 268 g/mol. The lowest BCUT2D eigenvalue weighted by Crippen LogP contribution is -2.20. The molecule has 0 amide bonds. The first-order valence-corrected chi connectivity index (χ1v) is 6.30. The van der Waals surface area contributed by atoms with Gasteiger partial charge in [0.2, 0.25) is 0 Å². The van der Waals surface area contributed by atoms with Gasteiger partial charge in [-0.2, -0.15) is 5.10 Å². The van der Waals surface area contributed by atoms with Gasteiger partial charge in [-0.25, -0.2) is 4.98 Å². The van der Waals surface area contributed by atoms with E-state index < -0.39 is 0 Å². The Morgan fingerprint density at radius 2 is 2.22 bits per heavy atom. The summed E-state index contributed by atoms with van der Waals surface area (Å²) in [4.78, 5) is 4.33. The van der Waals surface area contributed by atoms with E-state index in [9.17, 15) is 0 Å². The van der Waals surface area contributed by atoms with Crippen LogP contribution in [0.15, 0.2) is 12.4 Å². The summed E-state index contributed by atoms with van der Waals surface area (Å²) in [6, 6.07) is 0.0941. The molecule has 0 aliphatic heterocycles. The molecule has 0 aliphatic rings. The minimum atomic E-state index is 0.0941. The number of imidazole rings is 1. The van der Waals surface area contributed by atoms with Gasteiger partial charge in [-0.1, -0.05) is 11.6 Å². The van der Waals surface area contributed by atoms with Gasteiger partial charge >= 0.3 is 0 Å². The Morgan fingerprint density at radius 1 is 1.50 bits per heavy atom. The van der Waals surface area contributed by atoms with Gasteiger partial charge in [0, 0.05) is 37.5 Å². The van der Waals surface area contributed by atoms with Crippen LogP contribution < -0.4 is 5.73 Å². The highest BCUT2D eigenvalue weighted by atomic mass is 35.5. The van der Waals surface area contributed by atoms with Crippen LogP contribution in [-0.4, -0.2) is 25.4 Å². The normalized spacial score (nSPS) is 12.9. The molecule has 2 aromatic heterocycles. The molecule has 5 nitrogen and oxygen atoms in total. The molecule has 0 spiro atoms. The number of hydrogen-bond donors (Lipinski definition) is 1. The third-order valence-corrected chi connectivity index (χ3v) is 3.38. The summed E-state index contributed by atoms with van der Waals surface area (Å²) < 4.78 is 3.76. The predicted molar refractivity (Wildman–Crippen MR) is 71.6 cm³/mol. The van der Waals surface area contributed by atoms with E-state index in [1.54, 1.807) is 10.9 Å². The number of halogens is 1. The van der Waals surface area contributed by atoms with Gasteiger partial charge < -0.3 is 10.3 Å². The Balaban J connectivity index is 2.26. The first-order valence-electron chi connectivity index (χ1n) is 5.92. The zero-order valence-electron chi connectivity index (χ0n) is 10.9. The van der Waals surface area contributed by atoms with Gasteiger partial charge in [0.1, 0.15) is 11.0 Å². The van der Waals surface area contributed by atoms with Crippen molar-refractivity contribution in [2.24, 2.45) is 12.8 Å². The van der Waals surface area contributed by atoms with E-state index in [4.69, 9.17) is 17.3 Å². The molecule has 0 aliphatic carbocycles. The third kappa shape index (κ3) is 2.57. The number of nitrogens with zero attached hydrogens (tertiary/aromatic N) is 4. The quantitative estimate of drug-likeness (QED) is 0.914. The van der Waals surface area contributed by atoms with Crippen molar-refractivity contribution >= 4 is 11.6 Å². The van der Waals surface area contributed by atoms with Crippen molar-refractivity contribution in [3.8, 4) is 0 Å². The summed E-state index contributed by atoms with van der Waals surface area (Å²) in [6.07, 6.45) is 4.49. The maximum absolute atomic E-state index is 6.23. The van der Waals surface area contributed by atoms with Crippen LogP contribution in [0.1, 0.15) is 24.0 Å². The lowest BCUT2D eigenvalue weighted by molar-refractivity contribution is 0.647. The van der Waals surface area contributed by atoms with Crippen molar-refractivity contribution in [1.82, 2.24) is 19.3 Å². The molecule has 1 atom stereocenters. The summed E-state index contributed by atoms with van der Waals surface area (Å²) in [5.41, 5.74) is 7.79. The van der Waals surface area contributed by atoms with E-state index in [-0.39, 0.29) is 6.04 Å². The first-order chi connectivity index (χ1) is 8.49. The largest absolute Gasteiger partial charge is 0.330 e. The molecule has 2 rings (SSSR count). The molecule has 0 aromatic carbocycles. The zero-order valence-corrected chi connectivity index (χ0v) is 11.6. The number of aromatic nitrogens is 4. The second kappa shape index (κ2) is 5.12. The fraction of sp³-hybridized carbons (Fsp3) is 0.500. The van der Waals surface area contributed by atoms with E-state index in [1.165, 1.54) is 0 Å². The van der Waals surface area contributed by atoms with Gasteiger partial charge in [-0.15, -0.1) is 0 Å². The summed E-state index contributed by atoms with van der Waals surface area (Å²) in [5, 5.41) is 4.98. The second-order valence-corrected chi connectivity index (χ2v) is 4.99. The SMILES string of the molecule is Cc1nn(C)c(Cl)c1Cn1ccnc1CC(C)N. The molecule has 0 saturated carbocycles. The number of nitrogens with two attached hydrogens (primary N) is 1. The predicted octanol–water partition coefficient (Wildman–Crippen LogP) is 1.52. The molecule has 1 unspecified atom stereocenters. The Hall–Kier alpha value is -1.33. The minimum Gasteiger partial charge on any atom is -0.330 e. The Labute approximate surface area is 112 Å². The Morgan fingerprint density at radius 3 is 2.78 bits per heavy atom. The lowest BCUT2D eigenvalue weighted by atomic mass is 10.2. The van der Waals surface area contributed by atoms with E-state index >= 15 is 0 Å². The van der Waals surface area contributed by atoms with E-state index in [0.29, 0.717) is 11.7 Å². The molecule has 2 N–H and O–H groups in total. The minimum absolute atomic E-state index is 0.0941. The summed E-state index contributed by atoms with van der Waals surface area (Å²) in [6.45, 7) is 4.62. The second-order valence-electron chi connectivity index (χ2n) is 4.63. The average Bonchev–Trinajstić information content (AvgIpc) is 2.79. The molecular formula is C12H18ClN5. The van der Waals surface area contributed by atoms with E-state index in [2.05, 4.69) is 14.6 Å². The van der Waals surface area contributed by atoms with E-state index in [0.717, 1.165) is 23.5 Å². The van der Waals surface area contributed by atoms with Gasteiger partial charge in [0.25, 0.3) is 0 Å². The van der Waals surface area contributed by atoms with Crippen LogP contribution in [0.4, 0.5) is 0 Å². The highest BCUT2D eigenvalue weighted by Crippen LogP contribution is 2.20. The van der Waals surface area contributed by atoms with Crippen molar-refractivity contribution in [1.29, 1.82) is 0 Å². The first kappa shape index (κ1) is 13.1. The maximum Gasteiger partial charge on any atom is 0.131 e. The van der Waals surface area contributed by atoms with Crippen LogP contribution in [0.5, 0.6) is 0 Å². The Bertz CT molecular complexity index is 541. The van der Waals surface area contributed by atoms with Crippen LogP contribution in [-0.2, 0) is 20.0 Å². The smallest absolute Gasteiger partial charge is 0.131 e. The molecule has 0 radical (unpaired) electrons. The lowest BCUT2D eigenvalue weighted by Gasteiger charge is -2.09. The topological polar surface area (TPSA) is 61.7 Å². The molecule has 6 heteroatoms. The van der Waals surface area contributed by atoms with Crippen LogP contribution in [0.3, 0.4) is 0 Å². The van der Waals surface area contributed by atoms with Crippen molar-refractivity contribution in [2.45, 2.75) is 32.9 Å².